The van der Waals surface area contributed by atoms with Crippen LogP contribution in [-0.2, 0) is 9.59 Å². The number of carbonyl (C=O) groups is 2. The first-order valence-corrected chi connectivity index (χ1v) is 6.72. The number of piperidine rings is 1. The molecule has 18 heavy (non-hydrogen) atoms. The second-order valence-corrected chi connectivity index (χ2v) is 5.58. The number of hydrogen-bond donors (Lipinski definition) is 1. The monoisotopic (exact) mass is 254 g/mol. The Hall–Kier alpha value is -1.10. The Morgan fingerprint density at radius 1 is 1.33 bits per heavy atom. The van der Waals surface area contributed by atoms with Crippen molar-refractivity contribution in [3.63, 3.8) is 0 Å². The molecule has 5 heteroatoms. The van der Waals surface area contributed by atoms with Gasteiger partial charge < -0.3 is 14.9 Å². The fourth-order valence-corrected chi connectivity index (χ4v) is 2.77. The summed E-state index contributed by atoms with van der Waals surface area (Å²) in [4.78, 5) is 27.0. The summed E-state index contributed by atoms with van der Waals surface area (Å²) in [6, 6.07) is 0. The van der Waals surface area contributed by atoms with Crippen molar-refractivity contribution < 1.29 is 14.7 Å². The zero-order chi connectivity index (χ0) is 13.3. The molecule has 0 radical (unpaired) electrons. The molecule has 1 unspecified atom stereocenters. The minimum atomic E-state index is -0.676. The Morgan fingerprint density at radius 3 is 2.56 bits per heavy atom. The minimum absolute atomic E-state index is 0.0428. The number of nitrogens with zero attached hydrogens (tertiary/aromatic N) is 2. The normalized spacial score (nSPS) is 26.7. The number of carbonyl (C=O) groups excluding carboxylic acids is 2. The van der Waals surface area contributed by atoms with Gasteiger partial charge in [-0.1, -0.05) is 6.92 Å². The van der Waals surface area contributed by atoms with Crippen LogP contribution in [0.15, 0.2) is 0 Å². The smallest absolute Gasteiger partial charge is 0.227 e. The van der Waals surface area contributed by atoms with Gasteiger partial charge in [0.2, 0.25) is 11.8 Å². The summed E-state index contributed by atoms with van der Waals surface area (Å²) in [6.45, 7) is 5.66. The molecule has 0 aromatic rings. The fourth-order valence-electron chi connectivity index (χ4n) is 2.77. The van der Waals surface area contributed by atoms with Crippen molar-refractivity contribution in [1.82, 2.24) is 9.80 Å². The van der Waals surface area contributed by atoms with Gasteiger partial charge in [-0.15, -0.1) is 0 Å². The van der Waals surface area contributed by atoms with Gasteiger partial charge in [-0.3, -0.25) is 9.59 Å². The van der Waals surface area contributed by atoms with Crippen LogP contribution in [0.2, 0.25) is 0 Å². The maximum Gasteiger partial charge on any atom is 0.227 e. The van der Waals surface area contributed by atoms with Gasteiger partial charge in [0.15, 0.2) is 0 Å². The van der Waals surface area contributed by atoms with Crippen LogP contribution in [0.5, 0.6) is 0 Å². The predicted octanol–water partition coefficient (Wildman–Crippen LogP) is 0.228. The minimum Gasteiger partial charge on any atom is -0.386 e. The molecule has 102 valence electrons. The van der Waals surface area contributed by atoms with Crippen LogP contribution >= 0.6 is 0 Å². The first-order valence-electron chi connectivity index (χ1n) is 6.72. The summed E-state index contributed by atoms with van der Waals surface area (Å²) >= 11 is 0. The van der Waals surface area contributed by atoms with E-state index in [1.807, 2.05) is 6.92 Å². The molecule has 2 rings (SSSR count). The van der Waals surface area contributed by atoms with Crippen LogP contribution in [0.1, 0.15) is 33.1 Å². The van der Waals surface area contributed by atoms with E-state index in [2.05, 4.69) is 0 Å². The molecule has 1 atom stereocenters. The Kier molecular flexibility index (Phi) is 3.61. The van der Waals surface area contributed by atoms with E-state index in [1.165, 1.54) is 0 Å². The van der Waals surface area contributed by atoms with E-state index in [4.69, 9.17) is 0 Å². The summed E-state index contributed by atoms with van der Waals surface area (Å²) in [7, 11) is 0. The maximum absolute atomic E-state index is 12.2. The highest BCUT2D eigenvalue weighted by Gasteiger charge is 2.44. The average molecular weight is 254 g/mol. The summed E-state index contributed by atoms with van der Waals surface area (Å²) < 4.78 is 0. The molecule has 0 saturated carbocycles. The fraction of sp³-hybridized carbons (Fsp3) is 0.846. The van der Waals surface area contributed by atoms with Crippen LogP contribution in [-0.4, -0.2) is 58.5 Å². The van der Waals surface area contributed by atoms with Gasteiger partial charge in [0, 0.05) is 20.0 Å². The quantitative estimate of drug-likeness (QED) is 0.767. The van der Waals surface area contributed by atoms with Gasteiger partial charge in [0.1, 0.15) is 0 Å². The predicted molar refractivity (Wildman–Crippen MR) is 66.8 cm³/mol. The molecule has 2 fully saturated rings. The first-order chi connectivity index (χ1) is 8.45. The van der Waals surface area contributed by atoms with Crippen LogP contribution in [0.3, 0.4) is 0 Å². The molecular formula is C13H22N2O3. The molecule has 0 aliphatic carbocycles. The highest BCUT2D eigenvalue weighted by atomic mass is 16.3. The van der Waals surface area contributed by atoms with Gasteiger partial charge in [-0.2, -0.15) is 0 Å². The SMILES string of the molecule is CCC1(O)CN(C(=O)C2CCCN(C(C)=O)C2)C1. The molecule has 5 nitrogen and oxygen atoms in total. The lowest BCUT2D eigenvalue weighted by Crippen LogP contribution is -2.64. The van der Waals surface area contributed by atoms with Crippen molar-refractivity contribution in [1.29, 1.82) is 0 Å². The lowest BCUT2D eigenvalue weighted by molar-refractivity contribution is -0.162. The van der Waals surface area contributed by atoms with Crippen molar-refractivity contribution in [3.05, 3.63) is 0 Å². The highest BCUT2D eigenvalue weighted by Crippen LogP contribution is 2.28. The van der Waals surface area contributed by atoms with Crippen molar-refractivity contribution in [2.45, 2.75) is 38.7 Å². The Morgan fingerprint density at radius 2 is 2.00 bits per heavy atom. The van der Waals surface area contributed by atoms with Crippen LogP contribution < -0.4 is 0 Å². The number of likely N-dealkylation sites (tertiary alicyclic amines) is 2. The second kappa shape index (κ2) is 4.88. The standard InChI is InChI=1S/C13H22N2O3/c1-3-13(18)8-15(9-13)12(17)11-5-4-6-14(7-11)10(2)16/h11,18H,3-9H2,1-2H3. The summed E-state index contributed by atoms with van der Waals surface area (Å²) in [5.41, 5.74) is -0.676. The molecule has 2 amide bonds. The van der Waals surface area contributed by atoms with Crippen LogP contribution in [0, 0.1) is 5.92 Å². The molecule has 1 N–H and O–H groups in total. The molecule has 2 aliphatic rings. The van der Waals surface area contributed by atoms with Gasteiger partial charge >= 0.3 is 0 Å². The van der Waals surface area contributed by atoms with Crippen molar-refractivity contribution in [2.75, 3.05) is 26.2 Å². The summed E-state index contributed by atoms with van der Waals surface area (Å²) in [6.07, 6.45) is 2.42. The number of β-amino-alcohol motifs (C(OH)–C–C–N with tert-alkyl or cyclic N) is 1. The summed E-state index contributed by atoms with van der Waals surface area (Å²) in [5, 5.41) is 9.92. The van der Waals surface area contributed by atoms with Gasteiger partial charge in [0.25, 0.3) is 0 Å². The average Bonchev–Trinajstić information content (AvgIpc) is 2.34. The van der Waals surface area contributed by atoms with E-state index < -0.39 is 5.60 Å². The van der Waals surface area contributed by atoms with Gasteiger partial charge in [-0.05, 0) is 19.3 Å². The molecule has 0 spiro atoms. The lowest BCUT2D eigenvalue weighted by Gasteiger charge is -2.48. The Balaban J connectivity index is 1.88. The van der Waals surface area contributed by atoms with Crippen molar-refractivity contribution >= 4 is 11.8 Å². The zero-order valence-corrected chi connectivity index (χ0v) is 11.2. The molecule has 0 bridgehead atoms. The van der Waals surface area contributed by atoms with Gasteiger partial charge in [-0.25, -0.2) is 0 Å². The van der Waals surface area contributed by atoms with Crippen molar-refractivity contribution in [3.8, 4) is 0 Å². The summed E-state index contributed by atoms with van der Waals surface area (Å²) in [5.74, 6) is 0.0595. The first kappa shape index (κ1) is 13.3. The van der Waals surface area contributed by atoms with E-state index in [1.54, 1.807) is 16.7 Å². The number of amides is 2. The van der Waals surface area contributed by atoms with Crippen molar-refractivity contribution in [2.24, 2.45) is 5.92 Å². The lowest BCUT2D eigenvalue weighted by atomic mass is 9.88. The van der Waals surface area contributed by atoms with E-state index in [9.17, 15) is 14.7 Å². The maximum atomic E-state index is 12.2. The third kappa shape index (κ3) is 2.51. The van der Waals surface area contributed by atoms with E-state index in [-0.39, 0.29) is 17.7 Å². The third-order valence-corrected chi connectivity index (χ3v) is 4.16. The molecule has 2 heterocycles. The third-order valence-electron chi connectivity index (χ3n) is 4.16. The van der Waals surface area contributed by atoms with Crippen LogP contribution in [0.25, 0.3) is 0 Å². The molecular weight excluding hydrogens is 232 g/mol. The largest absolute Gasteiger partial charge is 0.386 e. The number of rotatable bonds is 2. The Bertz CT molecular complexity index is 350. The Labute approximate surface area is 108 Å². The zero-order valence-electron chi connectivity index (χ0n) is 11.2. The number of hydrogen-bond acceptors (Lipinski definition) is 3. The molecule has 0 aromatic carbocycles. The number of aliphatic hydroxyl groups is 1. The van der Waals surface area contributed by atoms with Crippen LogP contribution in [0.4, 0.5) is 0 Å². The second-order valence-electron chi connectivity index (χ2n) is 5.58. The molecule has 2 saturated heterocycles. The van der Waals surface area contributed by atoms with Gasteiger partial charge in [0.05, 0.1) is 24.6 Å². The molecule has 2 aliphatic heterocycles. The topological polar surface area (TPSA) is 60.9 Å². The highest BCUT2D eigenvalue weighted by molar-refractivity contribution is 5.81. The van der Waals surface area contributed by atoms with E-state index in [0.29, 0.717) is 26.1 Å². The molecule has 0 aromatic heterocycles. The van der Waals surface area contributed by atoms with E-state index >= 15 is 0 Å². The van der Waals surface area contributed by atoms with E-state index in [0.717, 1.165) is 19.4 Å².